The van der Waals surface area contributed by atoms with Crippen LogP contribution in [0.4, 0.5) is 0 Å². The highest BCUT2D eigenvalue weighted by molar-refractivity contribution is 5.87. The van der Waals surface area contributed by atoms with Crippen molar-refractivity contribution in [3.8, 4) is 5.75 Å². The average molecular weight is 352 g/mol. The number of likely N-dealkylation sites (tertiary alicyclic amines) is 1. The fourth-order valence-corrected chi connectivity index (χ4v) is 3.76. The van der Waals surface area contributed by atoms with E-state index in [0.29, 0.717) is 5.92 Å². The van der Waals surface area contributed by atoms with Gasteiger partial charge in [0.1, 0.15) is 11.3 Å². The molecule has 26 heavy (non-hydrogen) atoms. The fraction of sp³-hybridized carbons (Fsp3) is 0.409. The number of carbonyl (C=O) groups excluding carboxylic acids is 1. The van der Waals surface area contributed by atoms with Crippen molar-refractivity contribution in [3.05, 3.63) is 65.7 Å². The highest BCUT2D eigenvalue weighted by Crippen LogP contribution is 2.28. The Morgan fingerprint density at radius 2 is 1.73 bits per heavy atom. The predicted octanol–water partition coefficient (Wildman–Crippen LogP) is 3.35. The first-order valence-electron chi connectivity index (χ1n) is 9.28. The number of nitrogens with two attached hydrogens (primary N) is 1. The molecule has 1 aliphatic heterocycles. The summed E-state index contributed by atoms with van der Waals surface area (Å²) in [6.07, 6.45) is 2.98. The van der Waals surface area contributed by atoms with Crippen LogP contribution >= 0.6 is 0 Å². The Morgan fingerprint density at radius 1 is 1.12 bits per heavy atom. The summed E-state index contributed by atoms with van der Waals surface area (Å²) in [7, 11) is 1.71. The van der Waals surface area contributed by atoms with E-state index in [9.17, 15) is 4.79 Å². The number of methoxy groups -OCH3 is 1. The molecule has 1 aliphatic rings. The van der Waals surface area contributed by atoms with Gasteiger partial charge in [0.25, 0.3) is 0 Å². The molecular weight excluding hydrogens is 324 g/mol. The van der Waals surface area contributed by atoms with Gasteiger partial charge >= 0.3 is 0 Å². The van der Waals surface area contributed by atoms with Crippen LogP contribution in [0.2, 0.25) is 0 Å². The molecule has 0 aromatic heterocycles. The van der Waals surface area contributed by atoms with E-state index in [0.717, 1.165) is 43.7 Å². The Balaban J connectivity index is 1.60. The monoisotopic (exact) mass is 352 g/mol. The number of benzene rings is 2. The Bertz CT molecular complexity index is 735. The van der Waals surface area contributed by atoms with Gasteiger partial charge in [-0.2, -0.15) is 0 Å². The molecule has 1 saturated heterocycles. The first-order valence-corrected chi connectivity index (χ1v) is 9.28. The molecule has 2 aromatic carbocycles. The quantitative estimate of drug-likeness (QED) is 0.898. The zero-order chi connectivity index (χ0) is 18.6. The topological polar surface area (TPSA) is 55.6 Å². The summed E-state index contributed by atoms with van der Waals surface area (Å²) < 4.78 is 5.46. The molecule has 1 unspecified atom stereocenters. The largest absolute Gasteiger partial charge is 0.496 e. The Labute approximate surface area is 156 Å². The predicted molar refractivity (Wildman–Crippen MR) is 104 cm³/mol. The second-order valence-electron chi connectivity index (χ2n) is 7.32. The lowest BCUT2D eigenvalue weighted by Gasteiger charge is -2.37. The van der Waals surface area contributed by atoms with E-state index in [2.05, 4.69) is 12.1 Å². The third-order valence-electron chi connectivity index (χ3n) is 5.42. The van der Waals surface area contributed by atoms with Crippen LogP contribution in [-0.2, 0) is 16.8 Å². The molecule has 0 aliphatic carbocycles. The highest BCUT2D eigenvalue weighted by Gasteiger charge is 2.36. The number of hydrogen-bond donors (Lipinski definition) is 1. The molecule has 0 saturated carbocycles. The smallest absolute Gasteiger partial charge is 0.246 e. The Kier molecular flexibility index (Phi) is 5.62. The van der Waals surface area contributed by atoms with Crippen molar-refractivity contribution in [2.24, 2.45) is 11.7 Å². The van der Waals surface area contributed by atoms with Gasteiger partial charge in [0.15, 0.2) is 0 Å². The number of hydrogen-bond acceptors (Lipinski definition) is 3. The van der Waals surface area contributed by atoms with Gasteiger partial charge in [-0.05, 0) is 49.3 Å². The molecule has 0 spiro atoms. The van der Waals surface area contributed by atoms with Crippen molar-refractivity contribution >= 4 is 5.91 Å². The van der Waals surface area contributed by atoms with Crippen molar-refractivity contribution in [1.82, 2.24) is 4.90 Å². The van der Waals surface area contributed by atoms with Gasteiger partial charge in [0.2, 0.25) is 5.91 Å². The van der Waals surface area contributed by atoms with E-state index in [1.807, 2.05) is 54.3 Å². The number of carbonyl (C=O) groups is 1. The first-order chi connectivity index (χ1) is 12.5. The molecule has 0 radical (unpaired) electrons. The number of rotatable bonds is 5. The maximum atomic E-state index is 13.0. The molecule has 4 nitrogen and oxygen atoms in total. The molecule has 0 bridgehead atoms. The lowest BCUT2D eigenvalue weighted by Crippen LogP contribution is -2.53. The summed E-state index contributed by atoms with van der Waals surface area (Å²) in [5.41, 5.74) is 7.53. The fourth-order valence-electron chi connectivity index (χ4n) is 3.76. The molecule has 2 N–H and O–H groups in total. The number of ether oxygens (including phenoxy) is 1. The SMILES string of the molecule is COc1ccccc1CC1CCN(C(=O)C(C)(N)c2ccccc2)CC1. The van der Waals surface area contributed by atoms with Gasteiger partial charge in [0.05, 0.1) is 7.11 Å². The third-order valence-corrected chi connectivity index (χ3v) is 5.42. The molecular formula is C22H28N2O2. The van der Waals surface area contributed by atoms with Crippen LogP contribution in [0, 0.1) is 5.92 Å². The molecule has 138 valence electrons. The van der Waals surface area contributed by atoms with Crippen molar-refractivity contribution in [2.75, 3.05) is 20.2 Å². The molecule has 1 fully saturated rings. The van der Waals surface area contributed by atoms with Gasteiger partial charge < -0.3 is 15.4 Å². The molecule has 2 aromatic rings. The van der Waals surface area contributed by atoms with Gasteiger partial charge in [0, 0.05) is 13.1 Å². The Morgan fingerprint density at radius 3 is 2.38 bits per heavy atom. The van der Waals surface area contributed by atoms with Crippen LogP contribution in [0.5, 0.6) is 5.75 Å². The minimum absolute atomic E-state index is 0.0134. The molecule has 3 rings (SSSR count). The van der Waals surface area contributed by atoms with E-state index < -0.39 is 5.54 Å². The average Bonchev–Trinajstić information content (AvgIpc) is 2.69. The summed E-state index contributed by atoms with van der Waals surface area (Å²) in [5, 5.41) is 0. The summed E-state index contributed by atoms with van der Waals surface area (Å²) in [4.78, 5) is 14.9. The van der Waals surface area contributed by atoms with Crippen LogP contribution in [-0.4, -0.2) is 31.0 Å². The zero-order valence-electron chi connectivity index (χ0n) is 15.7. The second kappa shape index (κ2) is 7.92. The normalized spacial score (nSPS) is 17.6. The minimum atomic E-state index is -0.975. The zero-order valence-corrected chi connectivity index (χ0v) is 15.7. The summed E-state index contributed by atoms with van der Waals surface area (Å²) in [6.45, 7) is 3.34. The molecule has 4 heteroatoms. The summed E-state index contributed by atoms with van der Waals surface area (Å²) in [5.74, 6) is 1.53. The lowest BCUT2D eigenvalue weighted by molar-refractivity contribution is -0.138. The summed E-state index contributed by atoms with van der Waals surface area (Å²) in [6, 6.07) is 17.8. The van der Waals surface area contributed by atoms with Crippen LogP contribution in [0.25, 0.3) is 0 Å². The van der Waals surface area contributed by atoms with Crippen molar-refractivity contribution in [1.29, 1.82) is 0 Å². The van der Waals surface area contributed by atoms with Crippen LogP contribution < -0.4 is 10.5 Å². The van der Waals surface area contributed by atoms with Crippen LogP contribution in [0.1, 0.15) is 30.9 Å². The van der Waals surface area contributed by atoms with Crippen LogP contribution in [0.3, 0.4) is 0 Å². The van der Waals surface area contributed by atoms with Gasteiger partial charge in [-0.25, -0.2) is 0 Å². The van der Waals surface area contributed by atoms with Crippen LogP contribution in [0.15, 0.2) is 54.6 Å². The third kappa shape index (κ3) is 3.91. The van der Waals surface area contributed by atoms with Gasteiger partial charge in [-0.3, -0.25) is 4.79 Å². The standard InChI is InChI=1S/C22H28N2O2/c1-22(23,19-9-4-3-5-10-19)21(25)24-14-12-17(13-15-24)16-18-8-6-7-11-20(18)26-2/h3-11,17H,12-16,23H2,1-2H3. The highest BCUT2D eigenvalue weighted by atomic mass is 16.5. The maximum absolute atomic E-state index is 13.0. The van der Waals surface area contributed by atoms with E-state index in [-0.39, 0.29) is 5.91 Å². The molecule has 1 heterocycles. The molecule has 1 amide bonds. The number of para-hydroxylation sites is 1. The van der Waals surface area contributed by atoms with E-state index >= 15 is 0 Å². The molecule has 1 atom stereocenters. The van der Waals surface area contributed by atoms with Gasteiger partial charge in [-0.1, -0.05) is 48.5 Å². The number of amides is 1. The van der Waals surface area contributed by atoms with Crippen molar-refractivity contribution in [3.63, 3.8) is 0 Å². The summed E-state index contributed by atoms with van der Waals surface area (Å²) >= 11 is 0. The first kappa shape index (κ1) is 18.5. The van der Waals surface area contributed by atoms with E-state index in [4.69, 9.17) is 10.5 Å². The van der Waals surface area contributed by atoms with Gasteiger partial charge in [-0.15, -0.1) is 0 Å². The number of nitrogens with zero attached hydrogens (tertiary/aromatic N) is 1. The minimum Gasteiger partial charge on any atom is -0.496 e. The van der Waals surface area contributed by atoms with Crippen molar-refractivity contribution < 1.29 is 9.53 Å². The Hall–Kier alpha value is -2.33. The second-order valence-corrected chi connectivity index (χ2v) is 7.32. The van der Waals surface area contributed by atoms with E-state index in [1.54, 1.807) is 7.11 Å². The van der Waals surface area contributed by atoms with E-state index in [1.165, 1.54) is 5.56 Å². The maximum Gasteiger partial charge on any atom is 0.246 e. The number of piperidine rings is 1. The van der Waals surface area contributed by atoms with Crippen molar-refractivity contribution in [2.45, 2.75) is 31.7 Å². The lowest BCUT2D eigenvalue weighted by atomic mass is 9.87.